The number of halogens is 1. The van der Waals surface area contributed by atoms with Crippen LogP contribution in [0.5, 0.6) is 5.75 Å². The van der Waals surface area contributed by atoms with Crippen LogP contribution in [0.15, 0.2) is 42.5 Å². The lowest BCUT2D eigenvalue weighted by Gasteiger charge is -2.16. The molecule has 2 rings (SSSR count). The third-order valence-electron chi connectivity index (χ3n) is 3.89. The maximum absolute atomic E-state index is 12.4. The van der Waals surface area contributed by atoms with Crippen molar-refractivity contribution in [2.75, 3.05) is 7.11 Å². The van der Waals surface area contributed by atoms with Crippen LogP contribution in [0, 0.1) is 0 Å². The zero-order chi connectivity index (χ0) is 19.1. The predicted molar refractivity (Wildman–Crippen MR) is 107 cm³/mol. The van der Waals surface area contributed by atoms with Crippen molar-refractivity contribution in [3.63, 3.8) is 0 Å². The SMILES string of the molecule is COc1ccc(C(=O)NC(C)CC(C)O)cc1/C=C/c1ccc(Cl)cc1. The Morgan fingerprint density at radius 2 is 1.88 bits per heavy atom. The summed E-state index contributed by atoms with van der Waals surface area (Å²) in [7, 11) is 1.60. The molecule has 0 aliphatic heterocycles. The molecule has 2 aromatic carbocycles. The Kier molecular flexibility index (Phi) is 7.25. The number of methoxy groups -OCH3 is 1. The molecular formula is C21H24ClNO3. The Morgan fingerprint density at radius 1 is 1.19 bits per heavy atom. The van der Waals surface area contributed by atoms with E-state index in [2.05, 4.69) is 5.32 Å². The normalized spacial score (nSPS) is 13.4. The second-order valence-corrected chi connectivity index (χ2v) is 6.74. The smallest absolute Gasteiger partial charge is 0.251 e. The van der Waals surface area contributed by atoms with E-state index in [-0.39, 0.29) is 11.9 Å². The number of nitrogens with one attached hydrogen (secondary N) is 1. The Labute approximate surface area is 159 Å². The number of ether oxygens (including phenoxy) is 1. The van der Waals surface area contributed by atoms with Gasteiger partial charge in [-0.25, -0.2) is 0 Å². The molecule has 0 fully saturated rings. The summed E-state index contributed by atoms with van der Waals surface area (Å²) in [5, 5.41) is 13.0. The van der Waals surface area contributed by atoms with Gasteiger partial charge in [-0.1, -0.05) is 35.9 Å². The minimum absolute atomic E-state index is 0.113. The van der Waals surface area contributed by atoms with Gasteiger partial charge in [-0.2, -0.15) is 0 Å². The summed E-state index contributed by atoms with van der Waals surface area (Å²) in [6.45, 7) is 3.57. The zero-order valence-corrected chi connectivity index (χ0v) is 16.0. The molecule has 0 aliphatic carbocycles. The molecule has 0 spiro atoms. The Bertz CT molecular complexity index is 769. The van der Waals surface area contributed by atoms with Gasteiger partial charge in [0.1, 0.15) is 5.75 Å². The molecule has 0 aromatic heterocycles. The van der Waals surface area contributed by atoms with Gasteiger partial charge in [0, 0.05) is 22.2 Å². The zero-order valence-electron chi connectivity index (χ0n) is 15.2. The van der Waals surface area contributed by atoms with Crippen LogP contribution in [-0.4, -0.2) is 30.3 Å². The third-order valence-corrected chi connectivity index (χ3v) is 4.14. The lowest BCUT2D eigenvalue weighted by atomic mass is 10.1. The summed E-state index contributed by atoms with van der Waals surface area (Å²) in [5.41, 5.74) is 2.34. The fourth-order valence-corrected chi connectivity index (χ4v) is 2.77. The lowest BCUT2D eigenvalue weighted by molar-refractivity contribution is 0.0923. The van der Waals surface area contributed by atoms with Crippen molar-refractivity contribution in [2.45, 2.75) is 32.4 Å². The van der Waals surface area contributed by atoms with Crippen LogP contribution >= 0.6 is 11.6 Å². The molecule has 0 heterocycles. The molecule has 0 bridgehead atoms. The minimum Gasteiger partial charge on any atom is -0.496 e. The van der Waals surface area contributed by atoms with Crippen molar-refractivity contribution in [3.05, 3.63) is 64.2 Å². The average Bonchev–Trinajstić information content (AvgIpc) is 2.60. The van der Waals surface area contributed by atoms with Crippen molar-refractivity contribution in [1.82, 2.24) is 5.32 Å². The van der Waals surface area contributed by atoms with E-state index in [1.165, 1.54) is 0 Å². The van der Waals surface area contributed by atoms with E-state index in [9.17, 15) is 9.90 Å². The number of carbonyl (C=O) groups excluding carboxylic acids is 1. The Morgan fingerprint density at radius 3 is 2.50 bits per heavy atom. The summed E-state index contributed by atoms with van der Waals surface area (Å²) in [6.07, 6.45) is 3.88. The average molecular weight is 374 g/mol. The van der Waals surface area contributed by atoms with E-state index >= 15 is 0 Å². The molecule has 4 nitrogen and oxygen atoms in total. The van der Waals surface area contributed by atoms with Gasteiger partial charge in [0.2, 0.25) is 0 Å². The van der Waals surface area contributed by atoms with Crippen molar-refractivity contribution >= 4 is 29.7 Å². The number of aliphatic hydroxyl groups is 1. The highest BCUT2D eigenvalue weighted by molar-refractivity contribution is 6.30. The van der Waals surface area contributed by atoms with Gasteiger partial charge in [0.05, 0.1) is 13.2 Å². The number of carbonyl (C=O) groups is 1. The maximum Gasteiger partial charge on any atom is 0.251 e. The van der Waals surface area contributed by atoms with E-state index in [0.717, 1.165) is 11.1 Å². The van der Waals surface area contributed by atoms with Crippen molar-refractivity contribution in [3.8, 4) is 5.75 Å². The van der Waals surface area contributed by atoms with E-state index in [1.54, 1.807) is 32.2 Å². The first-order valence-corrected chi connectivity index (χ1v) is 8.87. The number of rotatable bonds is 7. The molecule has 2 N–H and O–H groups in total. The molecule has 0 saturated carbocycles. The molecular weight excluding hydrogens is 350 g/mol. The maximum atomic E-state index is 12.4. The van der Waals surface area contributed by atoms with E-state index in [0.29, 0.717) is 22.8 Å². The number of amides is 1. The number of benzene rings is 2. The largest absolute Gasteiger partial charge is 0.496 e. The van der Waals surface area contributed by atoms with Crippen molar-refractivity contribution in [2.24, 2.45) is 0 Å². The minimum atomic E-state index is -0.459. The summed E-state index contributed by atoms with van der Waals surface area (Å²) >= 11 is 5.90. The molecule has 26 heavy (non-hydrogen) atoms. The van der Waals surface area contributed by atoms with Crippen molar-refractivity contribution < 1.29 is 14.6 Å². The first-order chi connectivity index (χ1) is 12.4. The molecule has 0 radical (unpaired) electrons. The first-order valence-electron chi connectivity index (χ1n) is 8.49. The lowest BCUT2D eigenvalue weighted by Crippen LogP contribution is -2.34. The first kappa shape index (κ1) is 20.0. The van der Waals surface area contributed by atoms with Crippen LogP contribution in [-0.2, 0) is 0 Å². The Balaban J connectivity index is 2.19. The summed E-state index contributed by atoms with van der Waals surface area (Å²) in [6, 6.07) is 12.7. The molecule has 138 valence electrons. The van der Waals surface area contributed by atoms with Gasteiger partial charge < -0.3 is 15.2 Å². The van der Waals surface area contributed by atoms with Gasteiger partial charge in [0.15, 0.2) is 0 Å². The number of hydrogen-bond donors (Lipinski definition) is 2. The van der Waals surface area contributed by atoms with Crippen LogP contribution in [0.4, 0.5) is 0 Å². The van der Waals surface area contributed by atoms with Gasteiger partial charge in [-0.3, -0.25) is 4.79 Å². The highest BCUT2D eigenvalue weighted by Gasteiger charge is 2.13. The molecule has 0 aliphatic rings. The second kappa shape index (κ2) is 9.41. The molecule has 5 heteroatoms. The van der Waals surface area contributed by atoms with Crippen LogP contribution < -0.4 is 10.1 Å². The summed E-state index contributed by atoms with van der Waals surface area (Å²) in [5.74, 6) is 0.505. The van der Waals surface area contributed by atoms with Gasteiger partial charge in [0.25, 0.3) is 5.91 Å². The fraction of sp³-hybridized carbons (Fsp3) is 0.286. The number of hydrogen-bond acceptors (Lipinski definition) is 3. The quantitative estimate of drug-likeness (QED) is 0.707. The van der Waals surface area contributed by atoms with Gasteiger partial charge >= 0.3 is 0 Å². The molecule has 0 saturated heterocycles. The van der Waals surface area contributed by atoms with E-state index in [1.807, 2.05) is 43.3 Å². The van der Waals surface area contributed by atoms with Gasteiger partial charge in [-0.05, 0) is 56.2 Å². The van der Waals surface area contributed by atoms with E-state index in [4.69, 9.17) is 16.3 Å². The van der Waals surface area contributed by atoms with E-state index < -0.39 is 6.10 Å². The van der Waals surface area contributed by atoms with Crippen LogP contribution in [0.25, 0.3) is 12.2 Å². The van der Waals surface area contributed by atoms with Crippen LogP contribution in [0.3, 0.4) is 0 Å². The fourth-order valence-electron chi connectivity index (χ4n) is 2.64. The second-order valence-electron chi connectivity index (χ2n) is 6.30. The highest BCUT2D eigenvalue weighted by atomic mass is 35.5. The Hall–Kier alpha value is -2.30. The van der Waals surface area contributed by atoms with Crippen LogP contribution in [0.1, 0.15) is 41.8 Å². The third kappa shape index (κ3) is 5.90. The predicted octanol–water partition coefficient (Wildman–Crippen LogP) is 4.41. The summed E-state index contributed by atoms with van der Waals surface area (Å²) in [4.78, 5) is 12.4. The number of aliphatic hydroxyl groups excluding tert-OH is 1. The summed E-state index contributed by atoms with van der Waals surface area (Å²) < 4.78 is 5.38. The van der Waals surface area contributed by atoms with Crippen LogP contribution in [0.2, 0.25) is 5.02 Å². The molecule has 2 unspecified atom stereocenters. The topological polar surface area (TPSA) is 58.6 Å². The highest BCUT2D eigenvalue weighted by Crippen LogP contribution is 2.23. The molecule has 2 atom stereocenters. The van der Waals surface area contributed by atoms with Gasteiger partial charge in [-0.15, -0.1) is 0 Å². The standard InChI is InChI=1S/C21H24ClNO3/c1-14(12-15(2)24)23-21(25)18-8-11-20(26-3)17(13-18)7-4-16-5-9-19(22)10-6-16/h4-11,13-15,24H,12H2,1-3H3,(H,23,25)/b7-4+. The molecule has 1 amide bonds. The van der Waals surface area contributed by atoms with Crippen molar-refractivity contribution in [1.29, 1.82) is 0 Å². The molecule has 2 aromatic rings. The monoisotopic (exact) mass is 373 g/mol.